The Hall–Kier alpha value is -3.54. The number of ether oxygens (including phenoxy) is 1. The fourth-order valence-corrected chi connectivity index (χ4v) is 2.41. The van der Waals surface area contributed by atoms with Crippen LogP contribution in [-0.2, 0) is 6.61 Å². The second-order valence-corrected chi connectivity index (χ2v) is 5.47. The van der Waals surface area contributed by atoms with E-state index in [1.54, 1.807) is 30.3 Å². The minimum atomic E-state index is -0.532. The molecule has 0 aliphatic carbocycles. The number of hydrogen-bond donors (Lipinski definition) is 1. The smallest absolute Gasteiger partial charge is 0.295 e. The number of nitrogens with zero attached hydrogens (tertiary/aromatic N) is 1. The predicted octanol–water partition coefficient (Wildman–Crippen LogP) is 2.74. The van der Waals surface area contributed by atoms with Crippen molar-refractivity contribution in [1.82, 2.24) is 4.73 Å². The van der Waals surface area contributed by atoms with Gasteiger partial charge < -0.3 is 14.9 Å². The number of carbonyl (C=O) groups is 1. The summed E-state index contributed by atoms with van der Waals surface area (Å²) in [6.07, 6.45) is 1.48. The second kappa shape index (κ2) is 8.02. The average Bonchev–Trinajstić information content (AvgIpc) is 2.68. The summed E-state index contributed by atoms with van der Waals surface area (Å²) < 4.78 is 6.26. The van der Waals surface area contributed by atoms with Crippen LogP contribution in [0.1, 0.15) is 15.9 Å². The van der Waals surface area contributed by atoms with Crippen LogP contribution in [0.4, 0.5) is 5.69 Å². The van der Waals surface area contributed by atoms with E-state index in [1.807, 2.05) is 30.3 Å². The molecule has 3 aromatic rings. The number of methoxy groups -OCH3 is 1. The first-order valence-electron chi connectivity index (χ1n) is 8.02. The van der Waals surface area contributed by atoms with Gasteiger partial charge in [0.2, 0.25) is 0 Å². The van der Waals surface area contributed by atoms with Gasteiger partial charge in [0.05, 0.1) is 12.8 Å². The summed E-state index contributed by atoms with van der Waals surface area (Å²) in [6.45, 7) is 0.221. The highest BCUT2D eigenvalue weighted by atomic mass is 16.7. The third kappa shape index (κ3) is 3.92. The van der Waals surface area contributed by atoms with Crippen LogP contribution in [0.25, 0.3) is 0 Å². The first kappa shape index (κ1) is 17.3. The van der Waals surface area contributed by atoms with Crippen molar-refractivity contribution in [2.45, 2.75) is 6.61 Å². The molecule has 0 spiro atoms. The van der Waals surface area contributed by atoms with Gasteiger partial charge in [-0.2, -0.15) is 4.73 Å². The van der Waals surface area contributed by atoms with Crippen LogP contribution >= 0.6 is 0 Å². The van der Waals surface area contributed by atoms with Gasteiger partial charge in [0, 0.05) is 6.20 Å². The molecule has 1 heterocycles. The number of benzene rings is 2. The van der Waals surface area contributed by atoms with Crippen LogP contribution in [0.15, 0.2) is 77.7 Å². The Kier molecular flexibility index (Phi) is 5.34. The number of para-hydroxylation sites is 2. The van der Waals surface area contributed by atoms with E-state index in [1.165, 1.54) is 19.4 Å². The molecule has 0 unspecified atom stereocenters. The molecule has 2 aromatic carbocycles. The lowest BCUT2D eigenvalue weighted by atomic mass is 10.2. The van der Waals surface area contributed by atoms with Crippen molar-refractivity contribution in [3.05, 3.63) is 94.4 Å². The molecule has 0 atom stereocenters. The molecule has 6 nitrogen and oxygen atoms in total. The van der Waals surface area contributed by atoms with Crippen molar-refractivity contribution in [2.24, 2.45) is 0 Å². The van der Waals surface area contributed by atoms with E-state index < -0.39 is 11.5 Å². The summed E-state index contributed by atoms with van der Waals surface area (Å²) in [4.78, 5) is 30.5. The topological polar surface area (TPSA) is 69.6 Å². The van der Waals surface area contributed by atoms with Crippen LogP contribution in [0.3, 0.4) is 0 Å². The first-order chi connectivity index (χ1) is 12.7. The molecule has 0 fully saturated rings. The number of amides is 1. The molecule has 0 saturated heterocycles. The van der Waals surface area contributed by atoms with E-state index >= 15 is 0 Å². The molecule has 1 aromatic heterocycles. The molecule has 0 aliphatic heterocycles. The maximum atomic E-state index is 12.5. The summed E-state index contributed by atoms with van der Waals surface area (Å²) in [5.41, 5.74) is 0.852. The molecule has 3 rings (SSSR count). The summed E-state index contributed by atoms with van der Waals surface area (Å²) in [5.74, 6) is -0.0189. The molecular weight excluding hydrogens is 332 g/mol. The lowest BCUT2D eigenvalue weighted by molar-refractivity contribution is 0.0863. The summed E-state index contributed by atoms with van der Waals surface area (Å²) in [5, 5.41) is 2.69. The predicted molar refractivity (Wildman–Crippen MR) is 98.4 cm³/mol. The van der Waals surface area contributed by atoms with Gasteiger partial charge in [0.15, 0.2) is 0 Å². The zero-order chi connectivity index (χ0) is 18.4. The monoisotopic (exact) mass is 350 g/mol. The number of pyridine rings is 1. The number of aromatic nitrogens is 1. The fraction of sp³-hybridized carbons (Fsp3) is 0.100. The Morgan fingerprint density at radius 1 is 1.00 bits per heavy atom. The minimum Gasteiger partial charge on any atom is -0.495 e. The molecule has 1 amide bonds. The summed E-state index contributed by atoms with van der Waals surface area (Å²) in [7, 11) is 1.51. The molecule has 0 aliphatic rings. The third-order valence-corrected chi connectivity index (χ3v) is 3.73. The highest BCUT2D eigenvalue weighted by Crippen LogP contribution is 2.23. The van der Waals surface area contributed by atoms with E-state index in [-0.39, 0.29) is 12.2 Å². The van der Waals surface area contributed by atoms with E-state index in [0.29, 0.717) is 11.4 Å². The van der Waals surface area contributed by atoms with Gasteiger partial charge in [-0.05, 0) is 29.8 Å². The maximum Gasteiger partial charge on any atom is 0.295 e. The van der Waals surface area contributed by atoms with E-state index in [2.05, 4.69) is 5.32 Å². The number of anilines is 1. The fourth-order valence-electron chi connectivity index (χ4n) is 2.41. The van der Waals surface area contributed by atoms with Gasteiger partial charge in [-0.15, -0.1) is 0 Å². The van der Waals surface area contributed by atoms with Gasteiger partial charge in [-0.3, -0.25) is 9.59 Å². The highest BCUT2D eigenvalue weighted by Gasteiger charge is 2.14. The van der Waals surface area contributed by atoms with Crippen molar-refractivity contribution in [3.8, 4) is 5.75 Å². The van der Waals surface area contributed by atoms with Gasteiger partial charge in [0.25, 0.3) is 11.5 Å². The third-order valence-electron chi connectivity index (χ3n) is 3.73. The van der Waals surface area contributed by atoms with Crippen molar-refractivity contribution < 1.29 is 14.4 Å². The van der Waals surface area contributed by atoms with Crippen LogP contribution in [0, 0.1) is 0 Å². The zero-order valence-corrected chi connectivity index (χ0v) is 14.2. The van der Waals surface area contributed by atoms with Gasteiger partial charge in [0.1, 0.15) is 17.9 Å². The van der Waals surface area contributed by atoms with Gasteiger partial charge >= 0.3 is 0 Å². The molecule has 26 heavy (non-hydrogen) atoms. The van der Waals surface area contributed by atoms with Crippen LogP contribution in [0.2, 0.25) is 0 Å². The maximum absolute atomic E-state index is 12.5. The van der Waals surface area contributed by atoms with Gasteiger partial charge in [-0.25, -0.2) is 0 Å². The molecule has 0 bridgehead atoms. The number of nitrogens with one attached hydrogen (secondary N) is 1. The molecule has 6 heteroatoms. The van der Waals surface area contributed by atoms with Crippen LogP contribution < -0.4 is 20.5 Å². The Morgan fingerprint density at radius 3 is 2.50 bits per heavy atom. The van der Waals surface area contributed by atoms with Crippen molar-refractivity contribution >= 4 is 11.6 Å². The lowest BCUT2D eigenvalue weighted by Gasteiger charge is -2.11. The lowest BCUT2D eigenvalue weighted by Crippen LogP contribution is -2.32. The minimum absolute atomic E-state index is 0.0218. The standard InChI is InChI=1S/C20H18N2O4/c1-25-18-12-6-5-11-17(18)21-19(23)16-10-7-13-22(20(16)24)26-14-15-8-3-2-4-9-15/h2-13H,14H2,1H3,(H,21,23). The van der Waals surface area contributed by atoms with Crippen LogP contribution in [-0.4, -0.2) is 17.7 Å². The largest absolute Gasteiger partial charge is 0.495 e. The SMILES string of the molecule is COc1ccccc1NC(=O)c1cccn(OCc2ccccc2)c1=O. The van der Waals surface area contributed by atoms with E-state index in [4.69, 9.17) is 9.57 Å². The van der Waals surface area contributed by atoms with Crippen molar-refractivity contribution in [3.63, 3.8) is 0 Å². The molecule has 0 saturated carbocycles. The Morgan fingerprint density at radius 2 is 1.73 bits per heavy atom. The van der Waals surface area contributed by atoms with Crippen LogP contribution in [0.5, 0.6) is 5.75 Å². The molecular formula is C20H18N2O4. The molecule has 132 valence electrons. The Bertz CT molecular complexity index is 951. The number of hydrogen-bond acceptors (Lipinski definition) is 4. The summed E-state index contributed by atoms with van der Waals surface area (Å²) >= 11 is 0. The highest BCUT2D eigenvalue weighted by molar-refractivity contribution is 6.04. The first-order valence-corrected chi connectivity index (χ1v) is 8.02. The zero-order valence-electron chi connectivity index (χ0n) is 14.2. The van der Waals surface area contributed by atoms with E-state index in [0.717, 1.165) is 10.3 Å². The normalized spacial score (nSPS) is 10.2. The van der Waals surface area contributed by atoms with Gasteiger partial charge in [-0.1, -0.05) is 42.5 Å². The average molecular weight is 350 g/mol. The number of rotatable bonds is 6. The van der Waals surface area contributed by atoms with E-state index in [9.17, 15) is 9.59 Å². The molecule has 0 radical (unpaired) electrons. The Balaban J connectivity index is 1.78. The van der Waals surface area contributed by atoms with Crippen molar-refractivity contribution in [1.29, 1.82) is 0 Å². The quantitative estimate of drug-likeness (QED) is 0.742. The Labute approximate surface area is 150 Å². The molecule has 1 N–H and O–H groups in total. The summed E-state index contributed by atoms with van der Waals surface area (Å²) in [6, 6.07) is 19.5. The second-order valence-electron chi connectivity index (χ2n) is 5.47. The van der Waals surface area contributed by atoms with Crippen molar-refractivity contribution in [2.75, 3.05) is 12.4 Å². The number of carbonyl (C=O) groups excluding carboxylic acids is 1.